The highest BCUT2D eigenvalue weighted by Crippen LogP contribution is 2.33. The molecule has 1 unspecified atom stereocenters. The van der Waals surface area contributed by atoms with Gasteiger partial charge in [0.2, 0.25) is 5.91 Å². The van der Waals surface area contributed by atoms with E-state index in [1.807, 2.05) is 36.4 Å². The van der Waals surface area contributed by atoms with E-state index in [0.29, 0.717) is 15.8 Å². The van der Waals surface area contributed by atoms with Gasteiger partial charge in [-0.05, 0) is 57.4 Å². The molecule has 3 rings (SSSR count). The molecule has 3 aromatic carbocycles. The van der Waals surface area contributed by atoms with Crippen LogP contribution in [0.5, 0.6) is 5.75 Å². The van der Waals surface area contributed by atoms with Crippen LogP contribution in [0.1, 0.15) is 12.5 Å². The molecule has 1 atom stereocenters. The molecule has 1 N–H and O–H groups in total. The van der Waals surface area contributed by atoms with Crippen molar-refractivity contribution in [2.45, 2.75) is 19.5 Å². The Hall–Kier alpha value is -2.28. The van der Waals surface area contributed by atoms with Crippen LogP contribution in [-0.4, -0.2) is 36.4 Å². The number of benzene rings is 3. The summed E-state index contributed by atoms with van der Waals surface area (Å²) in [7, 11) is 1.53. The zero-order valence-corrected chi connectivity index (χ0v) is 20.1. The van der Waals surface area contributed by atoms with Gasteiger partial charge < -0.3 is 15.0 Å². The summed E-state index contributed by atoms with van der Waals surface area (Å²) in [5.41, 5.74) is 0.755. The van der Waals surface area contributed by atoms with Crippen molar-refractivity contribution in [3.63, 3.8) is 0 Å². The van der Waals surface area contributed by atoms with Gasteiger partial charge in [0, 0.05) is 13.6 Å². The van der Waals surface area contributed by atoms with E-state index in [2.05, 4.69) is 21.2 Å². The lowest BCUT2D eigenvalue weighted by Crippen LogP contribution is -2.48. The maximum atomic E-state index is 13.1. The number of carbonyl (C=O) groups is 2. The summed E-state index contributed by atoms with van der Waals surface area (Å²) in [6.07, 6.45) is 0. The third-order valence-electron chi connectivity index (χ3n) is 4.93. The Bertz CT molecular complexity index is 1120. The summed E-state index contributed by atoms with van der Waals surface area (Å²) in [4.78, 5) is 26.8. The second-order valence-electron chi connectivity index (χ2n) is 6.95. The molecule has 0 aliphatic carbocycles. The van der Waals surface area contributed by atoms with Gasteiger partial charge in [-0.1, -0.05) is 59.6 Å². The summed E-state index contributed by atoms with van der Waals surface area (Å²) < 4.78 is 6.59. The Kier molecular flexibility index (Phi) is 7.81. The van der Waals surface area contributed by atoms with Gasteiger partial charge in [-0.3, -0.25) is 9.59 Å². The Balaban J connectivity index is 1.80. The van der Waals surface area contributed by atoms with Crippen LogP contribution in [0.4, 0.5) is 0 Å². The third-order valence-corrected chi connectivity index (χ3v) is 6.49. The predicted octanol–water partition coefficient (Wildman–Crippen LogP) is 5.45. The average molecular weight is 524 g/mol. The van der Waals surface area contributed by atoms with E-state index >= 15 is 0 Å². The smallest absolute Gasteiger partial charge is 0.261 e. The topological polar surface area (TPSA) is 58.6 Å². The Labute approximate surface area is 199 Å². The Morgan fingerprint density at radius 1 is 1.10 bits per heavy atom. The van der Waals surface area contributed by atoms with Crippen LogP contribution in [-0.2, 0) is 16.1 Å². The van der Waals surface area contributed by atoms with Crippen molar-refractivity contribution in [2.75, 3.05) is 13.7 Å². The van der Waals surface area contributed by atoms with Crippen molar-refractivity contribution >= 4 is 61.7 Å². The molecule has 5 nitrogen and oxygen atoms in total. The maximum absolute atomic E-state index is 13.1. The second-order valence-corrected chi connectivity index (χ2v) is 8.56. The lowest BCUT2D eigenvalue weighted by atomic mass is 10.1. The van der Waals surface area contributed by atoms with E-state index in [1.54, 1.807) is 25.1 Å². The summed E-state index contributed by atoms with van der Waals surface area (Å²) in [6, 6.07) is 16.0. The summed E-state index contributed by atoms with van der Waals surface area (Å²) in [6.45, 7) is 1.63. The van der Waals surface area contributed by atoms with Gasteiger partial charge in [-0.25, -0.2) is 0 Å². The molecule has 0 aliphatic heterocycles. The molecule has 0 bridgehead atoms. The van der Waals surface area contributed by atoms with E-state index in [0.717, 1.165) is 20.8 Å². The number of likely N-dealkylation sites (N-methyl/N-ethyl adjacent to an activating group) is 1. The van der Waals surface area contributed by atoms with Crippen molar-refractivity contribution in [3.8, 4) is 5.75 Å². The fourth-order valence-electron chi connectivity index (χ4n) is 3.17. The predicted molar refractivity (Wildman–Crippen MR) is 128 cm³/mol. The first-order chi connectivity index (χ1) is 14.8. The van der Waals surface area contributed by atoms with Crippen molar-refractivity contribution < 1.29 is 14.3 Å². The number of hydrogen-bond donors (Lipinski definition) is 1. The number of fused-ring (bicyclic) bond motifs is 1. The number of nitrogens with zero attached hydrogens (tertiary/aromatic N) is 1. The molecule has 162 valence electrons. The van der Waals surface area contributed by atoms with E-state index < -0.39 is 6.04 Å². The Morgan fingerprint density at radius 2 is 1.84 bits per heavy atom. The number of ether oxygens (including phenoxy) is 1. The van der Waals surface area contributed by atoms with Gasteiger partial charge in [0.1, 0.15) is 11.8 Å². The highest BCUT2D eigenvalue weighted by atomic mass is 79.9. The lowest BCUT2D eigenvalue weighted by Gasteiger charge is -2.28. The molecule has 0 aliphatic rings. The molecular weight excluding hydrogens is 503 g/mol. The summed E-state index contributed by atoms with van der Waals surface area (Å²) in [5, 5.41) is 5.43. The van der Waals surface area contributed by atoms with Crippen LogP contribution in [0.15, 0.2) is 59.1 Å². The van der Waals surface area contributed by atoms with Crippen molar-refractivity contribution in [2.24, 2.45) is 0 Å². The minimum atomic E-state index is -0.699. The first-order valence-corrected chi connectivity index (χ1v) is 11.1. The molecule has 0 saturated carbocycles. The Morgan fingerprint density at radius 3 is 2.55 bits per heavy atom. The van der Waals surface area contributed by atoms with Gasteiger partial charge in [0.15, 0.2) is 6.61 Å². The minimum absolute atomic E-state index is 0.187. The third kappa shape index (κ3) is 5.50. The molecule has 2 amide bonds. The lowest BCUT2D eigenvalue weighted by molar-refractivity contribution is -0.142. The fourth-order valence-corrected chi connectivity index (χ4v) is 4.10. The summed E-state index contributed by atoms with van der Waals surface area (Å²) in [5.74, 6) is -0.0586. The van der Waals surface area contributed by atoms with Gasteiger partial charge in [0.05, 0.1) is 14.5 Å². The zero-order chi connectivity index (χ0) is 22.5. The molecule has 0 fully saturated rings. The molecule has 0 heterocycles. The molecule has 8 heteroatoms. The number of rotatable bonds is 7. The number of halogens is 3. The van der Waals surface area contributed by atoms with Crippen LogP contribution in [0.25, 0.3) is 10.8 Å². The van der Waals surface area contributed by atoms with E-state index in [4.69, 9.17) is 27.9 Å². The van der Waals surface area contributed by atoms with Crippen LogP contribution in [0.2, 0.25) is 10.0 Å². The number of amides is 2. The largest absolute Gasteiger partial charge is 0.483 e. The molecule has 31 heavy (non-hydrogen) atoms. The molecule has 0 saturated heterocycles. The standard InChI is InChI=1S/C23H21BrCl2N2O3/c1-14(23(30)27-2)28(12-15-7-9-18(25)19(26)11-15)21(29)13-31-20-10-8-16-5-3-4-6-17(16)22(20)24/h3-11,14H,12-13H2,1-2H3,(H,27,30). The van der Waals surface area contributed by atoms with E-state index in [9.17, 15) is 9.59 Å². The molecule has 0 spiro atoms. The van der Waals surface area contributed by atoms with Crippen molar-refractivity contribution in [3.05, 3.63) is 74.7 Å². The van der Waals surface area contributed by atoms with Crippen LogP contribution in [0, 0.1) is 0 Å². The van der Waals surface area contributed by atoms with Crippen LogP contribution < -0.4 is 10.1 Å². The van der Waals surface area contributed by atoms with Gasteiger partial charge >= 0.3 is 0 Å². The minimum Gasteiger partial charge on any atom is -0.483 e. The molecular formula is C23H21BrCl2N2O3. The first-order valence-electron chi connectivity index (χ1n) is 9.57. The number of carbonyl (C=O) groups excluding carboxylic acids is 2. The molecule has 0 radical (unpaired) electrons. The highest BCUT2D eigenvalue weighted by molar-refractivity contribution is 9.10. The van der Waals surface area contributed by atoms with Crippen LogP contribution in [0.3, 0.4) is 0 Å². The van der Waals surface area contributed by atoms with Crippen molar-refractivity contribution in [1.82, 2.24) is 10.2 Å². The second kappa shape index (κ2) is 10.4. The zero-order valence-electron chi connectivity index (χ0n) is 17.0. The number of nitrogens with one attached hydrogen (secondary N) is 1. The summed E-state index contributed by atoms with van der Waals surface area (Å²) >= 11 is 15.7. The average Bonchev–Trinajstić information content (AvgIpc) is 2.78. The first kappa shape index (κ1) is 23.4. The van der Waals surface area contributed by atoms with Gasteiger partial charge in [-0.2, -0.15) is 0 Å². The monoisotopic (exact) mass is 522 g/mol. The van der Waals surface area contributed by atoms with Crippen molar-refractivity contribution in [1.29, 1.82) is 0 Å². The SMILES string of the molecule is CNC(=O)C(C)N(Cc1ccc(Cl)c(Cl)c1)C(=O)COc1ccc2ccccc2c1Br. The van der Waals surface area contributed by atoms with Crippen LogP contribution >= 0.6 is 39.1 Å². The quantitative estimate of drug-likeness (QED) is 0.448. The van der Waals surface area contributed by atoms with Gasteiger partial charge in [-0.15, -0.1) is 0 Å². The fraction of sp³-hybridized carbons (Fsp3) is 0.217. The normalized spacial score (nSPS) is 11.8. The van der Waals surface area contributed by atoms with E-state index in [1.165, 1.54) is 11.9 Å². The van der Waals surface area contributed by atoms with Gasteiger partial charge in [0.25, 0.3) is 5.91 Å². The molecule has 3 aromatic rings. The molecule has 0 aromatic heterocycles. The number of hydrogen-bond acceptors (Lipinski definition) is 3. The highest BCUT2D eigenvalue weighted by Gasteiger charge is 2.26. The van der Waals surface area contributed by atoms with E-state index in [-0.39, 0.29) is 25.0 Å². The maximum Gasteiger partial charge on any atom is 0.261 e.